The number of thiophene rings is 1. The van der Waals surface area contributed by atoms with Crippen LogP contribution in [0.4, 0.5) is 5.69 Å². The molecule has 1 unspecified atom stereocenters. The van der Waals surface area contributed by atoms with Crippen LogP contribution in [0.25, 0.3) is 0 Å². The quantitative estimate of drug-likeness (QED) is 0.808. The van der Waals surface area contributed by atoms with Crippen molar-refractivity contribution in [2.45, 2.75) is 44.2 Å². The summed E-state index contributed by atoms with van der Waals surface area (Å²) in [5.41, 5.74) is 3.09. The van der Waals surface area contributed by atoms with Crippen LogP contribution in [-0.2, 0) is 34.2 Å². The highest BCUT2D eigenvalue weighted by Gasteiger charge is 2.30. The predicted molar refractivity (Wildman–Crippen MR) is 111 cm³/mol. The molecule has 28 heavy (non-hydrogen) atoms. The van der Waals surface area contributed by atoms with Crippen LogP contribution in [0.15, 0.2) is 34.5 Å². The van der Waals surface area contributed by atoms with Gasteiger partial charge in [-0.2, -0.15) is 0 Å². The number of nitrogens with zero attached hydrogens (tertiary/aromatic N) is 2. The smallest absolute Gasteiger partial charge is 0.240 e. The lowest BCUT2D eigenvalue weighted by Crippen LogP contribution is -2.37. The molecule has 0 saturated carbocycles. The molecule has 1 atom stereocenters. The molecule has 0 bridgehead atoms. The van der Waals surface area contributed by atoms with Crippen LogP contribution in [-0.4, -0.2) is 44.9 Å². The zero-order valence-electron chi connectivity index (χ0n) is 16.1. The van der Waals surface area contributed by atoms with Gasteiger partial charge in [0.25, 0.3) is 0 Å². The molecule has 0 radical (unpaired) electrons. The third-order valence-electron chi connectivity index (χ3n) is 5.52. The van der Waals surface area contributed by atoms with Gasteiger partial charge < -0.3 is 4.90 Å². The van der Waals surface area contributed by atoms with Crippen LogP contribution in [0, 0.1) is 0 Å². The number of hydrogen-bond acceptors (Lipinski definition) is 5. The number of anilines is 1. The van der Waals surface area contributed by atoms with Crippen LogP contribution in [0.5, 0.6) is 0 Å². The molecule has 150 valence electrons. The molecule has 3 heterocycles. The minimum Gasteiger partial charge on any atom is -0.309 e. The van der Waals surface area contributed by atoms with E-state index in [2.05, 4.69) is 21.1 Å². The Kier molecular flexibility index (Phi) is 5.30. The number of nitrogens with one attached hydrogen (secondary N) is 1. The zero-order valence-corrected chi connectivity index (χ0v) is 17.8. The molecule has 0 saturated heterocycles. The topological polar surface area (TPSA) is 69.7 Å². The summed E-state index contributed by atoms with van der Waals surface area (Å²) in [5, 5.41) is 2.12. The Labute approximate surface area is 170 Å². The van der Waals surface area contributed by atoms with Gasteiger partial charge in [-0.05, 0) is 60.5 Å². The molecule has 0 aliphatic carbocycles. The maximum atomic E-state index is 12.7. The highest BCUT2D eigenvalue weighted by atomic mass is 32.2. The van der Waals surface area contributed by atoms with Crippen molar-refractivity contribution >= 4 is 33.0 Å². The van der Waals surface area contributed by atoms with Crippen LogP contribution in [0.2, 0.25) is 0 Å². The van der Waals surface area contributed by atoms with Gasteiger partial charge in [0.15, 0.2) is 0 Å². The number of fused-ring (bicyclic) bond motifs is 2. The van der Waals surface area contributed by atoms with Gasteiger partial charge in [-0.25, -0.2) is 13.1 Å². The first kappa shape index (κ1) is 19.6. The van der Waals surface area contributed by atoms with Gasteiger partial charge in [0.2, 0.25) is 15.9 Å². The Morgan fingerprint density at radius 2 is 2.11 bits per heavy atom. The number of carbonyl (C=O) groups is 1. The average Bonchev–Trinajstić information content (AvgIpc) is 3.23. The highest BCUT2D eigenvalue weighted by molar-refractivity contribution is 7.89. The van der Waals surface area contributed by atoms with E-state index >= 15 is 0 Å². The molecule has 6 nitrogen and oxygen atoms in total. The molecule has 2 aliphatic rings. The summed E-state index contributed by atoms with van der Waals surface area (Å²) >= 11 is 1.80. The molecular weight excluding hydrogens is 394 g/mol. The number of sulfonamides is 1. The first-order valence-corrected chi connectivity index (χ1v) is 11.9. The summed E-state index contributed by atoms with van der Waals surface area (Å²) < 4.78 is 28.2. The molecule has 1 amide bonds. The summed E-state index contributed by atoms with van der Waals surface area (Å²) in [6, 6.07) is 7.26. The highest BCUT2D eigenvalue weighted by Crippen LogP contribution is 2.33. The fourth-order valence-corrected chi connectivity index (χ4v) is 6.13. The first-order chi connectivity index (χ1) is 13.3. The number of amides is 1. The van der Waals surface area contributed by atoms with E-state index in [4.69, 9.17) is 0 Å². The van der Waals surface area contributed by atoms with Crippen molar-refractivity contribution < 1.29 is 13.2 Å². The van der Waals surface area contributed by atoms with E-state index in [1.54, 1.807) is 34.4 Å². The molecule has 8 heteroatoms. The Morgan fingerprint density at radius 3 is 2.89 bits per heavy atom. The standard InChI is InChI=1S/C20H25N3O3S2/c1-14-11-17-12-18(3-4-19(17)23(14)15(2)24)28(25,26)21-7-9-22-8-5-20-16(13-22)6-10-27-20/h3-4,6,10,12,14,21H,5,7-9,11,13H2,1-2H3. The number of carbonyl (C=O) groups excluding carboxylic acids is 1. The first-order valence-electron chi connectivity index (χ1n) is 9.55. The zero-order chi connectivity index (χ0) is 19.9. The van der Waals surface area contributed by atoms with E-state index in [1.807, 2.05) is 6.92 Å². The summed E-state index contributed by atoms with van der Waals surface area (Å²) in [6.07, 6.45) is 1.71. The van der Waals surface area contributed by atoms with Gasteiger partial charge in [-0.1, -0.05) is 0 Å². The summed E-state index contributed by atoms with van der Waals surface area (Å²) in [5.74, 6) is -0.0182. The van der Waals surface area contributed by atoms with E-state index in [1.165, 1.54) is 17.4 Å². The minimum absolute atomic E-state index is 0.0182. The van der Waals surface area contributed by atoms with Gasteiger partial charge in [-0.15, -0.1) is 11.3 Å². The largest absolute Gasteiger partial charge is 0.309 e. The van der Waals surface area contributed by atoms with E-state index in [9.17, 15) is 13.2 Å². The van der Waals surface area contributed by atoms with Crippen molar-refractivity contribution in [3.05, 3.63) is 45.6 Å². The normalized spacial score (nSPS) is 19.5. The molecule has 4 rings (SSSR count). The number of rotatable bonds is 5. The summed E-state index contributed by atoms with van der Waals surface area (Å²) in [4.78, 5) is 17.6. The molecule has 0 fully saturated rings. The molecule has 0 spiro atoms. The number of hydrogen-bond donors (Lipinski definition) is 1. The van der Waals surface area contributed by atoms with Crippen molar-refractivity contribution in [2.24, 2.45) is 0 Å². The molecule has 1 aromatic carbocycles. The van der Waals surface area contributed by atoms with Crippen molar-refractivity contribution in [3.63, 3.8) is 0 Å². The van der Waals surface area contributed by atoms with Crippen LogP contribution >= 0.6 is 11.3 Å². The molecule has 1 N–H and O–H groups in total. The van der Waals surface area contributed by atoms with Crippen molar-refractivity contribution in [1.82, 2.24) is 9.62 Å². The Morgan fingerprint density at radius 1 is 1.29 bits per heavy atom. The third-order valence-corrected chi connectivity index (χ3v) is 8.00. The second kappa shape index (κ2) is 7.59. The van der Waals surface area contributed by atoms with Crippen molar-refractivity contribution in [1.29, 1.82) is 0 Å². The fraction of sp³-hybridized carbons (Fsp3) is 0.450. The third kappa shape index (κ3) is 3.74. The van der Waals surface area contributed by atoms with Crippen molar-refractivity contribution in [3.8, 4) is 0 Å². The lowest BCUT2D eigenvalue weighted by atomic mass is 10.1. The van der Waals surface area contributed by atoms with Gasteiger partial charge in [0.1, 0.15) is 0 Å². The summed E-state index contributed by atoms with van der Waals surface area (Å²) in [6.45, 7) is 6.44. The van der Waals surface area contributed by atoms with Gasteiger partial charge in [0.05, 0.1) is 4.90 Å². The van der Waals surface area contributed by atoms with Crippen molar-refractivity contribution in [2.75, 3.05) is 24.5 Å². The van der Waals surface area contributed by atoms with Crippen LogP contribution in [0.1, 0.15) is 29.9 Å². The molecular formula is C20H25N3O3S2. The Hall–Kier alpha value is -1.74. The molecule has 2 aliphatic heterocycles. The second-order valence-electron chi connectivity index (χ2n) is 7.53. The lowest BCUT2D eigenvalue weighted by Gasteiger charge is -2.26. The second-order valence-corrected chi connectivity index (χ2v) is 10.3. The lowest BCUT2D eigenvalue weighted by molar-refractivity contribution is -0.116. The van der Waals surface area contributed by atoms with E-state index in [-0.39, 0.29) is 16.8 Å². The fourth-order valence-electron chi connectivity index (χ4n) is 4.17. The van der Waals surface area contributed by atoms with Crippen LogP contribution < -0.4 is 9.62 Å². The monoisotopic (exact) mass is 419 g/mol. The Bertz CT molecular complexity index is 1000. The van der Waals surface area contributed by atoms with Crippen LogP contribution in [0.3, 0.4) is 0 Å². The SMILES string of the molecule is CC(=O)N1c2ccc(S(=O)(=O)NCCN3CCc4sccc4C3)cc2CC1C. The molecule has 2 aromatic rings. The van der Waals surface area contributed by atoms with Gasteiger partial charge >= 0.3 is 0 Å². The number of benzene rings is 1. The summed E-state index contributed by atoms with van der Waals surface area (Å²) in [7, 11) is -3.57. The van der Waals surface area contributed by atoms with E-state index in [0.717, 1.165) is 30.8 Å². The van der Waals surface area contributed by atoms with E-state index < -0.39 is 10.0 Å². The van der Waals surface area contributed by atoms with Gasteiger partial charge in [0, 0.05) is 49.7 Å². The van der Waals surface area contributed by atoms with Gasteiger partial charge in [-0.3, -0.25) is 9.69 Å². The maximum Gasteiger partial charge on any atom is 0.240 e. The molecule has 1 aromatic heterocycles. The maximum absolute atomic E-state index is 12.7. The average molecular weight is 420 g/mol. The minimum atomic E-state index is -3.57. The Balaban J connectivity index is 1.39. The van der Waals surface area contributed by atoms with E-state index in [0.29, 0.717) is 19.5 Å². The predicted octanol–water partition coefficient (Wildman–Crippen LogP) is 2.38.